The molecule has 0 rings (SSSR count). The van der Waals surface area contributed by atoms with Crippen LogP contribution >= 0.6 is 0 Å². The molecule has 0 heterocycles. The first-order valence-corrected chi connectivity index (χ1v) is 5.58. The molecule has 3 N–H and O–H groups in total. The molecule has 0 radical (unpaired) electrons. The van der Waals surface area contributed by atoms with Crippen LogP contribution < -0.4 is 5.73 Å². The standard InChI is InChI=1S/C7H15NO3S/c1-2-3-4-5-12(10,11)6-7(8)9/h6,9H,2-5,8H2,1H3/b7-6-. The summed E-state index contributed by atoms with van der Waals surface area (Å²) in [4.78, 5) is 0. The van der Waals surface area contributed by atoms with Gasteiger partial charge in [0.25, 0.3) is 0 Å². The van der Waals surface area contributed by atoms with Gasteiger partial charge in [0.2, 0.25) is 0 Å². The quantitative estimate of drug-likeness (QED) is 0.502. The molecule has 0 spiro atoms. The number of sulfone groups is 1. The first-order chi connectivity index (χ1) is 5.48. The summed E-state index contributed by atoms with van der Waals surface area (Å²) in [7, 11) is -3.29. The van der Waals surface area contributed by atoms with Crippen LogP contribution in [0.25, 0.3) is 0 Å². The van der Waals surface area contributed by atoms with Crippen molar-refractivity contribution in [2.75, 3.05) is 5.75 Å². The molecule has 0 saturated heterocycles. The molecule has 0 aliphatic heterocycles. The van der Waals surface area contributed by atoms with Gasteiger partial charge in [0.1, 0.15) is 0 Å². The molecule has 5 heteroatoms. The van der Waals surface area contributed by atoms with E-state index in [1.807, 2.05) is 6.92 Å². The number of hydrogen-bond donors (Lipinski definition) is 2. The minimum atomic E-state index is -3.29. The van der Waals surface area contributed by atoms with Gasteiger partial charge in [0, 0.05) is 0 Å². The molecule has 0 aromatic heterocycles. The van der Waals surface area contributed by atoms with Crippen molar-refractivity contribution in [2.24, 2.45) is 5.73 Å². The molecule has 72 valence electrons. The van der Waals surface area contributed by atoms with Crippen LogP contribution in [0.5, 0.6) is 0 Å². The molecule has 0 bridgehead atoms. The Labute approximate surface area is 73.0 Å². The average molecular weight is 193 g/mol. The van der Waals surface area contributed by atoms with Crippen molar-refractivity contribution in [3.8, 4) is 0 Å². The fourth-order valence-corrected chi connectivity index (χ4v) is 1.89. The van der Waals surface area contributed by atoms with Crippen LogP contribution in [0.3, 0.4) is 0 Å². The van der Waals surface area contributed by atoms with Crippen LogP contribution in [-0.2, 0) is 9.84 Å². The maximum atomic E-state index is 11.0. The lowest BCUT2D eigenvalue weighted by molar-refractivity contribution is 0.406. The molecule has 0 saturated carbocycles. The van der Waals surface area contributed by atoms with E-state index in [9.17, 15) is 8.42 Å². The summed E-state index contributed by atoms with van der Waals surface area (Å²) in [6.07, 6.45) is 2.45. The Bertz CT molecular complexity index is 239. The second kappa shape index (κ2) is 5.03. The summed E-state index contributed by atoms with van der Waals surface area (Å²) in [5, 5.41) is 9.20. The summed E-state index contributed by atoms with van der Waals surface area (Å²) in [5.74, 6) is -0.589. The Morgan fingerprint density at radius 2 is 2.08 bits per heavy atom. The van der Waals surface area contributed by atoms with Gasteiger partial charge in [-0.15, -0.1) is 0 Å². The predicted molar refractivity (Wildman–Crippen MR) is 48.2 cm³/mol. The fourth-order valence-electron chi connectivity index (χ4n) is 0.796. The summed E-state index contributed by atoms with van der Waals surface area (Å²) < 4.78 is 22.0. The Morgan fingerprint density at radius 1 is 1.50 bits per heavy atom. The van der Waals surface area contributed by atoms with Gasteiger partial charge in [-0.2, -0.15) is 0 Å². The molecule has 4 nitrogen and oxygen atoms in total. The van der Waals surface area contributed by atoms with Crippen molar-refractivity contribution >= 4 is 9.84 Å². The highest BCUT2D eigenvalue weighted by Crippen LogP contribution is 2.01. The van der Waals surface area contributed by atoms with Gasteiger partial charge in [-0.05, 0) is 6.42 Å². The van der Waals surface area contributed by atoms with Gasteiger partial charge in [-0.3, -0.25) is 0 Å². The van der Waals surface area contributed by atoms with Crippen molar-refractivity contribution in [1.82, 2.24) is 0 Å². The Hall–Kier alpha value is -0.710. The molecular weight excluding hydrogens is 178 g/mol. The first-order valence-electron chi connectivity index (χ1n) is 3.87. The van der Waals surface area contributed by atoms with Gasteiger partial charge in [0.15, 0.2) is 15.7 Å². The van der Waals surface area contributed by atoms with Crippen molar-refractivity contribution < 1.29 is 13.5 Å². The van der Waals surface area contributed by atoms with Gasteiger partial charge in [-0.25, -0.2) is 8.42 Å². The van der Waals surface area contributed by atoms with E-state index in [-0.39, 0.29) is 5.75 Å². The van der Waals surface area contributed by atoms with E-state index in [1.165, 1.54) is 0 Å². The number of rotatable bonds is 5. The third-order valence-corrected chi connectivity index (χ3v) is 2.79. The lowest BCUT2D eigenvalue weighted by Gasteiger charge is -1.97. The number of aliphatic hydroxyl groups excluding tert-OH is 1. The fraction of sp³-hybridized carbons (Fsp3) is 0.714. The molecule has 0 aliphatic carbocycles. The monoisotopic (exact) mass is 193 g/mol. The van der Waals surface area contributed by atoms with E-state index < -0.39 is 15.7 Å². The SMILES string of the molecule is CCCCCS(=O)(=O)/C=C(/N)O. The second-order valence-corrected chi connectivity index (χ2v) is 4.59. The summed E-state index contributed by atoms with van der Waals surface area (Å²) in [5.41, 5.74) is 4.82. The van der Waals surface area contributed by atoms with Crippen LogP contribution in [0.1, 0.15) is 26.2 Å². The van der Waals surface area contributed by atoms with E-state index in [1.54, 1.807) is 0 Å². The summed E-state index contributed by atoms with van der Waals surface area (Å²) >= 11 is 0. The lowest BCUT2D eigenvalue weighted by atomic mass is 10.3. The lowest BCUT2D eigenvalue weighted by Crippen LogP contribution is -2.06. The largest absolute Gasteiger partial charge is 0.494 e. The zero-order valence-corrected chi connectivity index (χ0v) is 7.97. The van der Waals surface area contributed by atoms with Crippen molar-refractivity contribution in [1.29, 1.82) is 0 Å². The van der Waals surface area contributed by atoms with Crippen LogP contribution in [0.15, 0.2) is 11.3 Å². The average Bonchev–Trinajstić information content (AvgIpc) is 1.84. The minimum absolute atomic E-state index is 0.0576. The van der Waals surface area contributed by atoms with Gasteiger partial charge in [0.05, 0.1) is 11.2 Å². The van der Waals surface area contributed by atoms with E-state index in [2.05, 4.69) is 0 Å². The Balaban J connectivity index is 3.99. The first kappa shape index (κ1) is 11.3. The highest BCUT2D eigenvalue weighted by Gasteiger charge is 2.06. The molecule has 0 atom stereocenters. The van der Waals surface area contributed by atoms with Gasteiger partial charge in [-0.1, -0.05) is 19.8 Å². The zero-order chi connectivity index (χ0) is 9.61. The van der Waals surface area contributed by atoms with Crippen LogP contribution in [0, 0.1) is 0 Å². The molecule has 0 aromatic rings. The van der Waals surface area contributed by atoms with E-state index >= 15 is 0 Å². The van der Waals surface area contributed by atoms with Crippen molar-refractivity contribution in [3.63, 3.8) is 0 Å². The van der Waals surface area contributed by atoms with E-state index in [4.69, 9.17) is 10.8 Å². The molecule has 0 aliphatic rings. The van der Waals surface area contributed by atoms with Gasteiger partial charge < -0.3 is 10.8 Å². The van der Waals surface area contributed by atoms with E-state index in [0.29, 0.717) is 11.8 Å². The highest BCUT2D eigenvalue weighted by molar-refractivity contribution is 7.94. The molecular formula is C7H15NO3S. The van der Waals surface area contributed by atoms with Gasteiger partial charge >= 0.3 is 0 Å². The minimum Gasteiger partial charge on any atom is -0.494 e. The normalized spacial score (nSPS) is 13.2. The number of hydrogen-bond acceptors (Lipinski definition) is 4. The molecule has 0 amide bonds. The number of aliphatic hydroxyl groups is 1. The molecule has 0 fully saturated rings. The van der Waals surface area contributed by atoms with Crippen LogP contribution in [0.4, 0.5) is 0 Å². The topological polar surface area (TPSA) is 80.4 Å². The number of nitrogens with two attached hydrogens (primary N) is 1. The predicted octanol–water partition coefficient (Wildman–Crippen LogP) is 0.907. The highest BCUT2D eigenvalue weighted by atomic mass is 32.2. The smallest absolute Gasteiger partial charge is 0.193 e. The van der Waals surface area contributed by atoms with Crippen LogP contribution in [-0.4, -0.2) is 19.3 Å². The van der Waals surface area contributed by atoms with Crippen molar-refractivity contribution in [3.05, 3.63) is 11.3 Å². The summed E-state index contributed by atoms with van der Waals surface area (Å²) in [6.45, 7) is 1.99. The maximum absolute atomic E-state index is 11.0. The molecule has 12 heavy (non-hydrogen) atoms. The maximum Gasteiger partial charge on any atom is 0.193 e. The Morgan fingerprint density at radius 3 is 2.50 bits per heavy atom. The Kier molecular flexibility index (Phi) is 4.73. The third kappa shape index (κ3) is 6.03. The molecule has 0 unspecified atom stereocenters. The third-order valence-electron chi connectivity index (χ3n) is 1.33. The second-order valence-electron chi connectivity index (χ2n) is 2.62. The molecule has 0 aromatic carbocycles. The zero-order valence-electron chi connectivity index (χ0n) is 7.16. The van der Waals surface area contributed by atoms with E-state index in [0.717, 1.165) is 12.8 Å². The number of unbranched alkanes of at least 4 members (excludes halogenated alkanes) is 2. The van der Waals surface area contributed by atoms with Crippen LogP contribution in [0.2, 0.25) is 0 Å². The van der Waals surface area contributed by atoms with Crippen molar-refractivity contribution in [2.45, 2.75) is 26.2 Å². The summed E-state index contributed by atoms with van der Waals surface area (Å²) in [6, 6.07) is 0.